The molecular weight excluding hydrogens is 326 g/mol. The van der Waals surface area contributed by atoms with Crippen molar-refractivity contribution >= 4 is 21.6 Å². The molecule has 1 heterocycles. The molecule has 0 atom stereocenters. The summed E-state index contributed by atoms with van der Waals surface area (Å²) in [6.45, 7) is 5.96. The van der Waals surface area contributed by atoms with Crippen molar-refractivity contribution in [2.24, 2.45) is 0 Å². The average Bonchev–Trinajstić information content (AvgIpc) is 2.45. The van der Waals surface area contributed by atoms with E-state index in [9.17, 15) is 0 Å². The topological polar surface area (TPSA) is 28.2 Å². The molecule has 4 heteroatoms. The largest absolute Gasteiger partial charge is 0.370 e. The molecule has 0 fully saturated rings. The van der Waals surface area contributed by atoms with Gasteiger partial charge < -0.3 is 10.2 Å². The third-order valence-electron chi connectivity index (χ3n) is 3.24. The third kappa shape index (κ3) is 5.14. The van der Waals surface area contributed by atoms with Crippen LogP contribution in [0.25, 0.3) is 0 Å². The molecule has 1 aromatic heterocycles. The van der Waals surface area contributed by atoms with Gasteiger partial charge >= 0.3 is 0 Å². The minimum absolute atomic E-state index is 0.467. The van der Waals surface area contributed by atoms with Gasteiger partial charge in [0.15, 0.2) is 0 Å². The zero-order chi connectivity index (χ0) is 15.2. The summed E-state index contributed by atoms with van der Waals surface area (Å²) in [5, 5.41) is 3.40. The molecule has 112 valence electrons. The first-order chi connectivity index (χ1) is 10.0. The van der Waals surface area contributed by atoms with Crippen molar-refractivity contribution in [1.82, 2.24) is 10.3 Å². The van der Waals surface area contributed by atoms with Crippen molar-refractivity contribution in [1.29, 1.82) is 0 Å². The molecule has 0 radical (unpaired) electrons. The molecule has 0 saturated carbocycles. The molecule has 21 heavy (non-hydrogen) atoms. The zero-order valence-electron chi connectivity index (χ0n) is 12.8. The highest BCUT2D eigenvalue weighted by Gasteiger charge is 2.05. The number of aromatic nitrogens is 1. The van der Waals surface area contributed by atoms with E-state index < -0.39 is 0 Å². The highest BCUT2D eigenvalue weighted by atomic mass is 79.9. The minimum atomic E-state index is 0.467. The van der Waals surface area contributed by atoms with Gasteiger partial charge in [0.05, 0.1) is 5.69 Å². The van der Waals surface area contributed by atoms with Crippen LogP contribution in [-0.2, 0) is 13.1 Å². The van der Waals surface area contributed by atoms with Crippen LogP contribution in [0, 0.1) is 0 Å². The van der Waals surface area contributed by atoms with E-state index in [2.05, 4.69) is 82.4 Å². The van der Waals surface area contributed by atoms with Gasteiger partial charge in [-0.25, -0.2) is 0 Å². The van der Waals surface area contributed by atoms with Gasteiger partial charge in [-0.2, -0.15) is 0 Å². The average molecular weight is 348 g/mol. The Kier molecular flexibility index (Phi) is 5.76. The number of nitrogens with zero attached hydrogens (tertiary/aromatic N) is 2. The predicted molar refractivity (Wildman–Crippen MR) is 92.5 cm³/mol. The van der Waals surface area contributed by atoms with Gasteiger partial charge in [0.25, 0.3) is 0 Å². The van der Waals surface area contributed by atoms with Crippen LogP contribution in [0.3, 0.4) is 0 Å². The summed E-state index contributed by atoms with van der Waals surface area (Å²) in [5.41, 5.74) is 3.54. The Labute approximate surface area is 135 Å². The van der Waals surface area contributed by atoms with Gasteiger partial charge in [0.2, 0.25) is 0 Å². The van der Waals surface area contributed by atoms with Crippen LogP contribution in [0.1, 0.15) is 25.1 Å². The summed E-state index contributed by atoms with van der Waals surface area (Å²) < 4.78 is 1.12. The summed E-state index contributed by atoms with van der Waals surface area (Å²) in [7, 11) is 2.11. The van der Waals surface area contributed by atoms with Gasteiger partial charge in [-0.3, -0.25) is 4.98 Å². The van der Waals surface area contributed by atoms with Gasteiger partial charge in [-0.1, -0.05) is 41.9 Å². The van der Waals surface area contributed by atoms with E-state index >= 15 is 0 Å². The van der Waals surface area contributed by atoms with Gasteiger partial charge in [-0.05, 0) is 29.8 Å². The first kappa shape index (κ1) is 16.0. The molecule has 0 amide bonds. The van der Waals surface area contributed by atoms with E-state index in [-0.39, 0.29) is 0 Å². The van der Waals surface area contributed by atoms with Crippen LogP contribution < -0.4 is 10.2 Å². The van der Waals surface area contributed by atoms with E-state index in [0.717, 1.165) is 23.3 Å². The quantitative estimate of drug-likeness (QED) is 0.856. The fourth-order valence-electron chi connectivity index (χ4n) is 2.11. The molecule has 0 aliphatic rings. The first-order valence-electron chi connectivity index (χ1n) is 7.18. The summed E-state index contributed by atoms with van der Waals surface area (Å²) in [6.07, 6.45) is 1.88. The van der Waals surface area contributed by atoms with Crippen LogP contribution in [0.4, 0.5) is 5.69 Å². The van der Waals surface area contributed by atoms with Gasteiger partial charge in [-0.15, -0.1) is 0 Å². The van der Waals surface area contributed by atoms with Crippen molar-refractivity contribution in [2.75, 3.05) is 11.9 Å². The van der Waals surface area contributed by atoms with Crippen molar-refractivity contribution in [3.8, 4) is 0 Å². The van der Waals surface area contributed by atoms with E-state index in [0.29, 0.717) is 6.04 Å². The Balaban J connectivity index is 2.05. The van der Waals surface area contributed by atoms with E-state index in [1.165, 1.54) is 11.3 Å². The standard InChI is InChI=1S/C17H22BrN3/c1-13(2)20-11-16-10-17(7-8-19-16)21(3)12-14-5-4-6-15(18)9-14/h4-10,13,20H,11-12H2,1-3H3. The highest BCUT2D eigenvalue weighted by Crippen LogP contribution is 2.18. The van der Waals surface area contributed by atoms with E-state index in [1.54, 1.807) is 0 Å². The Morgan fingerprint density at radius 1 is 1.24 bits per heavy atom. The molecule has 1 aromatic carbocycles. The molecule has 3 nitrogen and oxygen atoms in total. The van der Waals surface area contributed by atoms with Crippen molar-refractivity contribution in [3.05, 3.63) is 58.3 Å². The Morgan fingerprint density at radius 2 is 2.05 bits per heavy atom. The highest BCUT2D eigenvalue weighted by molar-refractivity contribution is 9.10. The van der Waals surface area contributed by atoms with E-state index in [4.69, 9.17) is 0 Å². The fourth-order valence-corrected chi connectivity index (χ4v) is 2.56. The number of hydrogen-bond acceptors (Lipinski definition) is 3. The zero-order valence-corrected chi connectivity index (χ0v) is 14.4. The second-order valence-electron chi connectivity index (χ2n) is 5.53. The number of pyridine rings is 1. The Bertz CT molecular complexity index is 584. The van der Waals surface area contributed by atoms with Crippen molar-refractivity contribution in [2.45, 2.75) is 33.0 Å². The second-order valence-corrected chi connectivity index (χ2v) is 6.44. The number of benzene rings is 1. The molecule has 2 aromatic rings. The maximum Gasteiger partial charge on any atom is 0.0562 e. The Hall–Kier alpha value is -1.39. The third-order valence-corrected chi connectivity index (χ3v) is 3.73. The smallest absolute Gasteiger partial charge is 0.0562 e. The lowest BCUT2D eigenvalue weighted by atomic mass is 10.2. The molecule has 0 spiro atoms. The number of anilines is 1. The molecule has 2 rings (SSSR count). The van der Waals surface area contributed by atoms with Crippen LogP contribution >= 0.6 is 15.9 Å². The van der Waals surface area contributed by atoms with Crippen molar-refractivity contribution < 1.29 is 0 Å². The second kappa shape index (κ2) is 7.57. The first-order valence-corrected chi connectivity index (χ1v) is 7.98. The molecule has 0 saturated heterocycles. The van der Waals surface area contributed by atoms with Crippen LogP contribution in [0.5, 0.6) is 0 Å². The van der Waals surface area contributed by atoms with Crippen molar-refractivity contribution in [3.63, 3.8) is 0 Å². The normalized spacial score (nSPS) is 10.9. The molecule has 0 unspecified atom stereocenters. The SMILES string of the molecule is CC(C)NCc1cc(N(C)Cc2cccc(Br)c2)ccn1. The summed E-state index contributed by atoms with van der Waals surface area (Å²) >= 11 is 3.52. The predicted octanol–water partition coefficient (Wildman–Crippen LogP) is 3.98. The monoisotopic (exact) mass is 347 g/mol. The lowest BCUT2D eigenvalue weighted by molar-refractivity contribution is 0.581. The number of hydrogen-bond donors (Lipinski definition) is 1. The molecule has 0 aliphatic carbocycles. The molecule has 1 N–H and O–H groups in total. The number of halogens is 1. The van der Waals surface area contributed by atoms with Gasteiger partial charge in [0.1, 0.15) is 0 Å². The molecule has 0 aliphatic heterocycles. The van der Waals surface area contributed by atoms with Crippen LogP contribution in [0.2, 0.25) is 0 Å². The minimum Gasteiger partial charge on any atom is -0.370 e. The maximum atomic E-state index is 4.42. The van der Waals surface area contributed by atoms with E-state index in [1.807, 2.05) is 12.3 Å². The van der Waals surface area contributed by atoms with Gasteiger partial charge in [0, 0.05) is 42.5 Å². The molecule has 0 bridgehead atoms. The number of rotatable bonds is 6. The molecular formula is C17H22BrN3. The Morgan fingerprint density at radius 3 is 2.76 bits per heavy atom. The maximum absolute atomic E-state index is 4.42. The van der Waals surface area contributed by atoms with Crippen LogP contribution in [0.15, 0.2) is 47.1 Å². The number of nitrogens with one attached hydrogen (secondary N) is 1. The fraction of sp³-hybridized carbons (Fsp3) is 0.353. The summed E-state index contributed by atoms with van der Waals surface area (Å²) in [6, 6.07) is 13.1. The lowest BCUT2D eigenvalue weighted by Gasteiger charge is -2.20. The summed E-state index contributed by atoms with van der Waals surface area (Å²) in [5.74, 6) is 0. The van der Waals surface area contributed by atoms with Crippen LogP contribution in [-0.4, -0.2) is 18.1 Å². The lowest BCUT2D eigenvalue weighted by Crippen LogP contribution is -2.23. The summed E-state index contributed by atoms with van der Waals surface area (Å²) in [4.78, 5) is 6.66.